The van der Waals surface area contributed by atoms with E-state index in [4.69, 9.17) is 0 Å². The highest BCUT2D eigenvalue weighted by molar-refractivity contribution is 4.73. The summed E-state index contributed by atoms with van der Waals surface area (Å²) in [5.41, 5.74) is 0. The molecular weight excluding hydrogens is 204 g/mol. The van der Waals surface area contributed by atoms with Crippen LogP contribution in [0.3, 0.4) is 0 Å². The maximum absolute atomic E-state index is 3.44. The van der Waals surface area contributed by atoms with Crippen LogP contribution in [-0.4, -0.2) is 0 Å². The highest BCUT2D eigenvalue weighted by atomic mass is 13.9. The van der Waals surface area contributed by atoms with Gasteiger partial charge >= 0.3 is 0 Å². The third-order valence-corrected chi connectivity index (χ3v) is 3.27. The van der Waals surface area contributed by atoms with Gasteiger partial charge in [-0.2, -0.15) is 0 Å². The zero-order valence-corrected chi connectivity index (χ0v) is 12.3. The number of hydrogen-bond acceptors (Lipinski definition) is 0. The zero-order valence-electron chi connectivity index (χ0n) is 12.3. The highest BCUT2D eigenvalue weighted by Gasteiger charge is 1.89. The van der Waals surface area contributed by atoms with Gasteiger partial charge in [-0.1, -0.05) is 77.7 Å². The van der Waals surface area contributed by atoms with Crippen LogP contribution in [0.25, 0.3) is 0 Å². The molecule has 0 aliphatic heterocycles. The Labute approximate surface area is 110 Å². The molecule has 0 aliphatic carbocycles. The van der Waals surface area contributed by atoms with Crippen molar-refractivity contribution >= 4 is 0 Å². The molecule has 0 saturated heterocycles. The molecule has 0 bridgehead atoms. The fourth-order valence-electron chi connectivity index (χ4n) is 2.06. The summed E-state index contributed by atoms with van der Waals surface area (Å²) in [6.07, 6.45) is 23.5. The summed E-state index contributed by atoms with van der Waals surface area (Å²) in [5, 5.41) is 0. The van der Waals surface area contributed by atoms with Gasteiger partial charge in [-0.15, -0.1) is 0 Å². The Bertz CT molecular complexity index is 146. The molecule has 0 unspecified atom stereocenters. The van der Waals surface area contributed by atoms with Crippen molar-refractivity contribution in [1.29, 1.82) is 0 Å². The second kappa shape index (κ2) is 15.7. The normalized spacial score (nSPS) is 11.4. The molecule has 0 fully saturated rings. The van der Waals surface area contributed by atoms with E-state index in [1.165, 1.54) is 83.5 Å². The smallest absolute Gasteiger partial charge is 0.0279 e. The molecule has 0 aromatic carbocycles. The van der Waals surface area contributed by atoms with Gasteiger partial charge in [0.1, 0.15) is 0 Å². The lowest BCUT2D eigenvalue weighted by Gasteiger charge is -1.98. The van der Waals surface area contributed by atoms with Crippen molar-refractivity contribution in [3.63, 3.8) is 0 Å². The molecule has 1 radical (unpaired) electrons. The first-order valence-corrected chi connectivity index (χ1v) is 7.96. The van der Waals surface area contributed by atoms with Gasteiger partial charge in [-0.05, 0) is 31.8 Å². The van der Waals surface area contributed by atoms with Crippen LogP contribution in [-0.2, 0) is 0 Å². The summed E-state index contributed by atoms with van der Waals surface area (Å²) in [6, 6.07) is 0. The molecule has 0 nitrogen and oxygen atoms in total. The fourth-order valence-corrected chi connectivity index (χ4v) is 2.06. The second-order valence-corrected chi connectivity index (χ2v) is 5.13. The first-order valence-electron chi connectivity index (χ1n) is 7.96. The van der Waals surface area contributed by atoms with Gasteiger partial charge in [-0.3, -0.25) is 0 Å². The molecule has 0 heteroatoms. The van der Waals surface area contributed by atoms with E-state index in [1.54, 1.807) is 0 Å². The minimum absolute atomic E-state index is 1.18. The summed E-state index contributed by atoms with van der Waals surface area (Å²) in [7, 11) is 0. The molecule has 0 rings (SSSR count). The van der Waals surface area contributed by atoms with Crippen LogP contribution in [0.15, 0.2) is 6.08 Å². The van der Waals surface area contributed by atoms with Crippen molar-refractivity contribution in [3.8, 4) is 0 Å². The Morgan fingerprint density at radius 2 is 1.18 bits per heavy atom. The van der Waals surface area contributed by atoms with E-state index in [2.05, 4.69) is 26.0 Å². The zero-order chi connectivity index (χ0) is 12.6. The Hall–Kier alpha value is -0.260. The molecule has 0 atom stereocenters. The maximum atomic E-state index is 3.44. The van der Waals surface area contributed by atoms with Crippen molar-refractivity contribution in [2.24, 2.45) is 0 Å². The predicted molar refractivity (Wildman–Crippen MR) is 79.2 cm³/mol. The van der Waals surface area contributed by atoms with Gasteiger partial charge in [0, 0.05) is 0 Å². The standard InChI is InChI=1S/C17H33/c1-3-5-7-9-11-13-15-17-16-14-12-10-8-6-4-2/h17H,3-15H2,1-2H3. The van der Waals surface area contributed by atoms with Crippen molar-refractivity contribution < 1.29 is 0 Å². The number of allylic oxidation sites excluding steroid dienone is 2. The fraction of sp³-hybridized carbons (Fsp3) is 0.882. The number of hydrogen-bond donors (Lipinski definition) is 0. The third kappa shape index (κ3) is 15.7. The SMILES string of the molecule is CCCCCCC/[C]=C\CCCCCCCC. The number of unbranched alkanes of at least 4 members (excludes halogenated alkanes) is 11. The predicted octanol–water partition coefficient (Wildman–Crippen LogP) is 6.46. The van der Waals surface area contributed by atoms with Crippen molar-refractivity contribution in [3.05, 3.63) is 12.2 Å². The Morgan fingerprint density at radius 3 is 1.82 bits per heavy atom. The first kappa shape index (κ1) is 16.7. The van der Waals surface area contributed by atoms with Gasteiger partial charge < -0.3 is 0 Å². The van der Waals surface area contributed by atoms with Gasteiger partial charge in [0.05, 0.1) is 0 Å². The van der Waals surface area contributed by atoms with E-state index in [0.29, 0.717) is 0 Å². The Balaban J connectivity index is 2.99. The lowest BCUT2D eigenvalue weighted by Crippen LogP contribution is -1.78. The van der Waals surface area contributed by atoms with E-state index < -0.39 is 0 Å². The molecule has 0 amide bonds. The van der Waals surface area contributed by atoms with Crippen LogP contribution >= 0.6 is 0 Å². The molecule has 101 valence electrons. The lowest BCUT2D eigenvalue weighted by atomic mass is 10.1. The van der Waals surface area contributed by atoms with Crippen LogP contribution in [0.1, 0.15) is 97.3 Å². The first-order chi connectivity index (χ1) is 8.41. The van der Waals surface area contributed by atoms with E-state index in [-0.39, 0.29) is 0 Å². The molecular formula is C17H33. The van der Waals surface area contributed by atoms with Gasteiger partial charge in [-0.25, -0.2) is 0 Å². The van der Waals surface area contributed by atoms with Crippen molar-refractivity contribution in [2.75, 3.05) is 0 Å². The topological polar surface area (TPSA) is 0 Å². The third-order valence-electron chi connectivity index (χ3n) is 3.27. The molecule has 0 aromatic rings. The van der Waals surface area contributed by atoms with Crippen LogP contribution in [0, 0.1) is 6.08 Å². The highest BCUT2D eigenvalue weighted by Crippen LogP contribution is 2.08. The van der Waals surface area contributed by atoms with Gasteiger partial charge in [0.2, 0.25) is 0 Å². The van der Waals surface area contributed by atoms with Crippen LogP contribution in [0.5, 0.6) is 0 Å². The minimum atomic E-state index is 1.18. The summed E-state index contributed by atoms with van der Waals surface area (Å²) in [6.45, 7) is 4.55. The quantitative estimate of drug-likeness (QED) is 0.323. The van der Waals surface area contributed by atoms with Gasteiger partial charge in [0.15, 0.2) is 0 Å². The lowest BCUT2D eigenvalue weighted by molar-refractivity contribution is 0.609. The summed E-state index contributed by atoms with van der Waals surface area (Å²) in [5.74, 6) is 0. The molecule has 0 spiro atoms. The molecule has 0 heterocycles. The summed E-state index contributed by atoms with van der Waals surface area (Å²) in [4.78, 5) is 0. The molecule has 0 saturated carbocycles. The van der Waals surface area contributed by atoms with E-state index in [9.17, 15) is 0 Å². The Morgan fingerprint density at radius 1 is 0.647 bits per heavy atom. The number of rotatable bonds is 13. The molecule has 0 aromatic heterocycles. The minimum Gasteiger partial charge on any atom is -0.0811 e. The summed E-state index contributed by atoms with van der Waals surface area (Å²) < 4.78 is 0. The van der Waals surface area contributed by atoms with E-state index in [0.717, 1.165) is 0 Å². The molecule has 17 heavy (non-hydrogen) atoms. The van der Waals surface area contributed by atoms with E-state index in [1.807, 2.05) is 0 Å². The molecule has 0 N–H and O–H groups in total. The van der Waals surface area contributed by atoms with Crippen molar-refractivity contribution in [1.82, 2.24) is 0 Å². The molecule has 0 aliphatic rings. The largest absolute Gasteiger partial charge is 0.0811 e. The Kier molecular flexibility index (Phi) is 15.5. The van der Waals surface area contributed by atoms with Crippen LogP contribution in [0.2, 0.25) is 0 Å². The van der Waals surface area contributed by atoms with Crippen LogP contribution in [0.4, 0.5) is 0 Å². The maximum Gasteiger partial charge on any atom is -0.0279 e. The van der Waals surface area contributed by atoms with Crippen LogP contribution < -0.4 is 0 Å². The van der Waals surface area contributed by atoms with Crippen molar-refractivity contribution in [2.45, 2.75) is 97.3 Å². The monoisotopic (exact) mass is 237 g/mol. The van der Waals surface area contributed by atoms with E-state index >= 15 is 0 Å². The average molecular weight is 237 g/mol. The summed E-state index contributed by atoms with van der Waals surface area (Å²) >= 11 is 0. The average Bonchev–Trinajstić information content (AvgIpc) is 2.35. The second-order valence-electron chi connectivity index (χ2n) is 5.13. The van der Waals surface area contributed by atoms with Gasteiger partial charge in [0.25, 0.3) is 0 Å².